The number of carbonyl (C=O) groups is 2. The average molecular weight is 289 g/mol. The van der Waals surface area contributed by atoms with Crippen LogP contribution in [0, 0.1) is 0 Å². The normalized spacial score (nSPS) is 18.7. The molecule has 2 rings (SSSR count). The molecule has 0 saturated carbocycles. The molecule has 3 amide bonds. The fraction of sp³-hybridized carbons (Fsp3) is 0.273. The predicted octanol–water partition coefficient (Wildman–Crippen LogP) is 3.37. The number of imide groups is 1. The van der Waals surface area contributed by atoms with Crippen LogP contribution in [0.25, 0.3) is 0 Å². The molecule has 1 N–H and O–H groups in total. The van der Waals surface area contributed by atoms with Crippen LogP contribution in [0.5, 0.6) is 0 Å². The highest BCUT2D eigenvalue weighted by Gasteiger charge is 2.33. The summed E-state index contributed by atoms with van der Waals surface area (Å²) in [4.78, 5) is 24.1. The first kappa shape index (κ1) is 13.0. The molecule has 0 aromatic heterocycles. The quantitative estimate of drug-likeness (QED) is 0.862. The standard InChI is InChI=1S/C11H10Cl2N2O3/c1-6-5-15(11(17)18-6)10(16)14-7-2-3-8(12)9(13)4-7/h2-4,6H,5H2,1H3,(H,14,16). The Morgan fingerprint density at radius 1 is 1.44 bits per heavy atom. The summed E-state index contributed by atoms with van der Waals surface area (Å²) >= 11 is 11.6. The van der Waals surface area contributed by atoms with Crippen LogP contribution in [0.3, 0.4) is 0 Å². The van der Waals surface area contributed by atoms with Crippen molar-refractivity contribution in [2.24, 2.45) is 0 Å². The van der Waals surface area contributed by atoms with Crippen LogP contribution in [0.1, 0.15) is 6.92 Å². The lowest BCUT2D eigenvalue weighted by molar-refractivity contribution is 0.141. The second kappa shape index (κ2) is 5.04. The molecular weight excluding hydrogens is 279 g/mol. The number of carbonyl (C=O) groups excluding carboxylic acids is 2. The van der Waals surface area contributed by atoms with Crippen molar-refractivity contribution in [3.63, 3.8) is 0 Å². The Hall–Kier alpha value is -1.46. The first-order valence-electron chi connectivity index (χ1n) is 5.21. The number of anilines is 1. The van der Waals surface area contributed by atoms with E-state index < -0.39 is 12.1 Å². The summed E-state index contributed by atoms with van der Waals surface area (Å²) in [5.74, 6) is 0. The molecule has 1 fully saturated rings. The van der Waals surface area contributed by atoms with E-state index in [-0.39, 0.29) is 12.6 Å². The summed E-state index contributed by atoms with van der Waals surface area (Å²) in [5.41, 5.74) is 0.460. The van der Waals surface area contributed by atoms with E-state index in [1.807, 2.05) is 0 Å². The molecule has 1 heterocycles. The van der Waals surface area contributed by atoms with Gasteiger partial charge in [-0.3, -0.25) is 0 Å². The van der Waals surface area contributed by atoms with Crippen molar-refractivity contribution in [1.29, 1.82) is 0 Å². The van der Waals surface area contributed by atoms with Crippen LogP contribution < -0.4 is 5.32 Å². The van der Waals surface area contributed by atoms with Gasteiger partial charge >= 0.3 is 12.1 Å². The zero-order chi connectivity index (χ0) is 13.3. The second-order valence-electron chi connectivity index (χ2n) is 3.86. The molecule has 18 heavy (non-hydrogen) atoms. The monoisotopic (exact) mass is 288 g/mol. The molecule has 0 radical (unpaired) electrons. The number of benzene rings is 1. The summed E-state index contributed by atoms with van der Waals surface area (Å²) in [5, 5.41) is 3.26. The molecule has 7 heteroatoms. The minimum atomic E-state index is -0.653. The largest absolute Gasteiger partial charge is 0.444 e. The highest BCUT2D eigenvalue weighted by Crippen LogP contribution is 2.25. The Labute approximate surface area is 114 Å². The lowest BCUT2D eigenvalue weighted by atomic mass is 10.3. The van der Waals surface area contributed by atoms with Crippen LogP contribution in [-0.2, 0) is 4.74 Å². The predicted molar refractivity (Wildman–Crippen MR) is 68.1 cm³/mol. The molecule has 1 aromatic carbocycles. The first-order chi connectivity index (χ1) is 8.47. The smallest absolute Gasteiger partial charge is 0.418 e. The van der Waals surface area contributed by atoms with E-state index in [0.717, 1.165) is 4.90 Å². The van der Waals surface area contributed by atoms with Gasteiger partial charge in [-0.2, -0.15) is 0 Å². The van der Waals surface area contributed by atoms with E-state index in [1.165, 1.54) is 6.07 Å². The van der Waals surface area contributed by atoms with E-state index in [4.69, 9.17) is 27.9 Å². The van der Waals surface area contributed by atoms with E-state index in [2.05, 4.69) is 5.32 Å². The van der Waals surface area contributed by atoms with Crippen molar-refractivity contribution in [3.05, 3.63) is 28.2 Å². The van der Waals surface area contributed by atoms with Crippen molar-refractivity contribution in [3.8, 4) is 0 Å². The number of amides is 3. The fourth-order valence-electron chi connectivity index (χ4n) is 1.54. The maximum atomic E-state index is 11.8. The third kappa shape index (κ3) is 2.68. The van der Waals surface area contributed by atoms with Gasteiger partial charge in [0.2, 0.25) is 0 Å². The number of hydrogen-bond donors (Lipinski definition) is 1. The third-order valence-corrected chi connectivity index (χ3v) is 3.12. The molecule has 1 atom stereocenters. The lowest BCUT2D eigenvalue weighted by Crippen LogP contribution is -2.35. The van der Waals surface area contributed by atoms with Crippen molar-refractivity contribution < 1.29 is 14.3 Å². The topological polar surface area (TPSA) is 58.6 Å². The minimum Gasteiger partial charge on any atom is -0.444 e. The summed E-state index contributed by atoms with van der Waals surface area (Å²) in [7, 11) is 0. The maximum absolute atomic E-state index is 11.8. The molecule has 0 spiro atoms. The number of halogens is 2. The Balaban J connectivity index is 2.07. The average Bonchev–Trinajstić information content (AvgIpc) is 2.63. The molecule has 1 saturated heterocycles. The number of nitrogens with zero attached hydrogens (tertiary/aromatic N) is 1. The van der Waals surface area contributed by atoms with E-state index in [0.29, 0.717) is 15.7 Å². The summed E-state index contributed by atoms with van der Waals surface area (Å²) in [6.45, 7) is 1.94. The van der Waals surface area contributed by atoms with Crippen molar-refractivity contribution >= 4 is 41.0 Å². The fourth-order valence-corrected chi connectivity index (χ4v) is 1.83. The van der Waals surface area contributed by atoms with Gasteiger partial charge in [-0.05, 0) is 25.1 Å². The summed E-state index contributed by atoms with van der Waals surface area (Å²) in [6.07, 6.45) is -0.947. The Morgan fingerprint density at radius 2 is 2.17 bits per heavy atom. The van der Waals surface area contributed by atoms with Crippen molar-refractivity contribution in [2.45, 2.75) is 13.0 Å². The molecule has 1 aromatic rings. The number of urea groups is 1. The molecule has 0 aliphatic carbocycles. The van der Waals surface area contributed by atoms with Gasteiger partial charge in [0.1, 0.15) is 6.10 Å². The first-order valence-corrected chi connectivity index (χ1v) is 5.97. The van der Waals surface area contributed by atoms with Crippen LogP contribution in [-0.4, -0.2) is 29.7 Å². The van der Waals surface area contributed by atoms with Crippen molar-refractivity contribution in [2.75, 3.05) is 11.9 Å². The number of rotatable bonds is 1. The third-order valence-electron chi connectivity index (χ3n) is 2.38. The number of nitrogens with one attached hydrogen (secondary N) is 1. The van der Waals surface area contributed by atoms with Gasteiger partial charge in [-0.1, -0.05) is 23.2 Å². The van der Waals surface area contributed by atoms with Gasteiger partial charge in [0.05, 0.1) is 16.6 Å². The Bertz CT molecular complexity index is 507. The van der Waals surface area contributed by atoms with Gasteiger partial charge in [0.15, 0.2) is 0 Å². The minimum absolute atomic E-state index is 0.228. The van der Waals surface area contributed by atoms with Gasteiger partial charge in [-0.15, -0.1) is 0 Å². The van der Waals surface area contributed by atoms with E-state index in [9.17, 15) is 9.59 Å². The second-order valence-corrected chi connectivity index (χ2v) is 4.68. The Morgan fingerprint density at radius 3 is 2.72 bits per heavy atom. The van der Waals surface area contributed by atoms with Crippen LogP contribution in [0.4, 0.5) is 15.3 Å². The molecule has 1 aliphatic rings. The molecule has 1 aliphatic heterocycles. The molecule has 96 valence electrons. The molecule has 0 bridgehead atoms. The summed E-state index contributed by atoms with van der Waals surface area (Å²) < 4.78 is 4.85. The molecule has 1 unspecified atom stereocenters. The van der Waals surface area contributed by atoms with Crippen LogP contribution in [0.15, 0.2) is 18.2 Å². The highest BCUT2D eigenvalue weighted by atomic mass is 35.5. The number of ether oxygens (including phenoxy) is 1. The zero-order valence-corrected chi connectivity index (χ0v) is 11.0. The zero-order valence-electron chi connectivity index (χ0n) is 9.44. The van der Waals surface area contributed by atoms with Gasteiger partial charge in [0, 0.05) is 5.69 Å². The van der Waals surface area contributed by atoms with Gasteiger partial charge < -0.3 is 10.1 Å². The van der Waals surface area contributed by atoms with E-state index >= 15 is 0 Å². The van der Waals surface area contributed by atoms with Crippen LogP contribution in [0.2, 0.25) is 10.0 Å². The number of cyclic esters (lactones) is 1. The maximum Gasteiger partial charge on any atom is 0.418 e. The van der Waals surface area contributed by atoms with Gasteiger partial charge in [0.25, 0.3) is 0 Å². The number of hydrogen-bond acceptors (Lipinski definition) is 3. The van der Waals surface area contributed by atoms with Crippen molar-refractivity contribution in [1.82, 2.24) is 4.90 Å². The molecular formula is C11H10Cl2N2O3. The highest BCUT2D eigenvalue weighted by molar-refractivity contribution is 6.42. The SMILES string of the molecule is CC1CN(C(=O)Nc2ccc(Cl)c(Cl)c2)C(=O)O1. The van der Waals surface area contributed by atoms with E-state index in [1.54, 1.807) is 19.1 Å². The molecule has 5 nitrogen and oxygen atoms in total. The Kier molecular flexibility index (Phi) is 3.63. The lowest BCUT2D eigenvalue weighted by Gasteiger charge is -2.12. The van der Waals surface area contributed by atoms with Gasteiger partial charge in [-0.25, -0.2) is 14.5 Å². The van der Waals surface area contributed by atoms with Crippen LogP contribution >= 0.6 is 23.2 Å². The summed E-state index contributed by atoms with van der Waals surface area (Å²) in [6, 6.07) is 4.11.